The molecule has 1 heterocycles. The fraction of sp³-hybridized carbons (Fsp3) is 0.0256. The molecule has 0 aliphatic rings. The number of hydrogen-bond acceptors (Lipinski definition) is 2. The lowest BCUT2D eigenvalue weighted by Gasteiger charge is -2.26. The van der Waals surface area contributed by atoms with Gasteiger partial charge in [0.05, 0.1) is 0 Å². The first kappa shape index (κ1) is 47.7. The van der Waals surface area contributed by atoms with Crippen LogP contribution in [0.1, 0.15) is 6.92 Å². The van der Waals surface area contributed by atoms with Crippen molar-refractivity contribution in [3.63, 3.8) is 0 Å². The van der Waals surface area contributed by atoms with E-state index in [9.17, 15) is 0 Å². The van der Waals surface area contributed by atoms with Gasteiger partial charge in [-0.3, -0.25) is 0 Å². The average Bonchev–Trinajstić information content (AvgIpc) is 4.08. The van der Waals surface area contributed by atoms with E-state index >= 15 is 0 Å². The van der Waals surface area contributed by atoms with Gasteiger partial charge in [0.2, 0.25) is 0 Å². The quantitative estimate of drug-likeness (QED) is 0.128. The van der Waals surface area contributed by atoms with Gasteiger partial charge in [-0.15, -0.1) is 0 Å². The first-order valence-electron chi connectivity index (χ1n) is 28.1. The normalized spacial score (nSPS) is 11.6. The van der Waals surface area contributed by atoms with Gasteiger partial charge in [-0.25, -0.2) is 0 Å². The Balaban J connectivity index is 0.851. The molecule has 15 rings (SSSR count). The van der Waals surface area contributed by atoms with Gasteiger partial charge in [0.15, 0.2) is 0 Å². The lowest BCUT2D eigenvalue weighted by molar-refractivity contribution is 0.827. The van der Waals surface area contributed by atoms with Gasteiger partial charge >= 0.3 is 0 Å². The van der Waals surface area contributed by atoms with Crippen molar-refractivity contribution >= 4 is 99.0 Å². The first-order chi connectivity index (χ1) is 40.0. The highest BCUT2D eigenvalue weighted by Crippen LogP contribution is 2.44. The summed E-state index contributed by atoms with van der Waals surface area (Å²) < 4.78 is 2.46. The molecule has 0 fully saturated rings. The van der Waals surface area contributed by atoms with Crippen molar-refractivity contribution in [2.45, 2.75) is 13.5 Å². The highest BCUT2D eigenvalue weighted by molar-refractivity contribution is 6.11. The Morgan fingerprint density at radius 1 is 0.222 bits per heavy atom. The monoisotopic (exact) mass is 1030 g/mol. The van der Waals surface area contributed by atoms with E-state index in [1.807, 2.05) is 0 Å². The zero-order valence-electron chi connectivity index (χ0n) is 44.9. The summed E-state index contributed by atoms with van der Waals surface area (Å²) in [6, 6.07) is 112. The van der Waals surface area contributed by atoms with Crippen molar-refractivity contribution in [2.75, 3.05) is 9.80 Å². The predicted molar refractivity (Wildman–Crippen MR) is 346 cm³/mol. The lowest BCUT2D eigenvalue weighted by Crippen LogP contribution is -2.10. The molecule has 1 aromatic heterocycles. The maximum Gasteiger partial charge on any atom is 0.0492 e. The molecule has 0 N–H and O–H groups in total. The van der Waals surface area contributed by atoms with Crippen LogP contribution in [0.15, 0.2) is 303 Å². The van der Waals surface area contributed by atoms with E-state index < -0.39 is 0 Å². The molecule has 382 valence electrons. The molecule has 0 spiro atoms. The molecule has 0 saturated carbocycles. The third kappa shape index (κ3) is 8.82. The number of fused-ring (bicyclic) bond motifs is 7. The minimum absolute atomic E-state index is 0.838. The molecule has 14 aromatic carbocycles. The van der Waals surface area contributed by atoms with Gasteiger partial charge in [-0.1, -0.05) is 194 Å². The van der Waals surface area contributed by atoms with Crippen molar-refractivity contribution < 1.29 is 0 Å². The molecule has 0 radical (unpaired) electrons. The van der Waals surface area contributed by atoms with Crippen LogP contribution >= 0.6 is 0 Å². The highest BCUT2D eigenvalue weighted by Gasteiger charge is 2.20. The minimum atomic E-state index is 0.838. The molecule has 0 bridgehead atoms. The smallest absolute Gasteiger partial charge is 0.0492 e. The van der Waals surface area contributed by atoms with E-state index in [0.717, 1.165) is 40.7 Å². The standard InChI is InChI=1S/C78H55N3/c1-2-79-77-45-43-73(80(69-35-27-57(28-36-69)65-23-19-53-11-3-7-15-61(53)47-65)70-37-29-58(30-38-70)66-24-20-54-12-4-8-16-62(54)48-66)51-75(77)76-52-74(44-46-78(76)79)81(71-39-31-59(32-40-71)67-25-21-55-13-5-9-17-63(55)49-67)72-41-33-60(34-42-72)68-26-22-56-14-6-10-18-64(56)50-68/h3-52H,2H2,1H3. The number of rotatable bonds is 11. The predicted octanol–water partition coefficient (Wildman–Crippen LogP) is 22.0. The molecule has 0 saturated heterocycles. The molecule has 81 heavy (non-hydrogen) atoms. The summed E-state index contributed by atoms with van der Waals surface area (Å²) in [4.78, 5) is 4.82. The van der Waals surface area contributed by atoms with Crippen LogP contribution in [-0.4, -0.2) is 4.57 Å². The van der Waals surface area contributed by atoms with Gasteiger partial charge in [-0.05, 0) is 204 Å². The van der Waals surface area contributed by atoms with Crippen LogP contribution in [0.5, 0.6) is 0 Å². The Morgan fingerprint density at radius 3 is 0.716 bits per heavy atom. The third-order valence-corrected chi connectivity index (χ3v) is 16.5. The molecule has 0 aliphatic heterocycles. The van der Waals surface area contributed by atoms with Crippen LogP contribution < -0.4 is 9.80 Å². The molecular formula is C78H55N3. The second kappa shape index (κ2) is 20.1. The number of hydrogen-bond donors (Lipinski definition) is 0. The number of anilines is 6. The molecule has 3 nitrogen and oxygen atoms in total. The van der Waals surface area contributed by atoms with Crippen LogP contribution in [0, 0.1) is 0 Å². The summed E-state index contributed by atoms with van der Waals surface area (Å²) in [7, 11) is 0. The summed E-state index contributed by atoms with van der Waals surface area (Å²) in [5, 5.41) is 12.3. The summed E-state index contributed by atoms with van der Waals surface area (Å²) in [5.74, 6) is 0. The Hall–Kier alpha value is -10.5. The van der Waals surface area contributed by atoms with Gasteiger partial charge in [0.25, 0.3) is 0 Å². The van der Waals surface area contributed by atoms with Gasteiger partial charge < -0.3 is 14.4 Å². The fourth-order valence-corrected chi connectivity index (χ4v) is 12.3. The Bertz CT molecular complexity index is 4290. The van der Waals surface area contributed by atoms with E-state index in [4.69, 9.17) is 0 Å². The van der Waals surface area contributed by atoms with Crippen molar-refractivity contribution in [3.8, 4) is 44.5 Å². The molecule has 3 heteroatoms. The summed E-state index contributed by atoms with van der Waals surface area (Å²) >= 11 is 0. The van der Waals surface area contributed by atoms with E-state index in [1.165, 1.54) is 109 Å². The minimum Gasteiger partial charge on any atom is -0.341 e. The summed E-state index contributed by atoms with van der Waals surface area (Å²) in [5.41, 5.74) is 18.5. The molecule has 0 amide bonds. The number of aryl methyl sites for hydroxylation is 1. The molecule has 0 unspecified atom stereocenters. The zero-order valence-corrected chi connectivity index (χ0v) is 44.9. The number of benzene rings is 14. The second-order valence-electron chi connectivity index (χ2n) is 21.3. The number of aromatic nitrogens is 1. The van der Waals surface area contributed by atoms with Crippen LogP contribution in [-0.2, 0) is 6.54 Å². The lowest BCUT2D eigenvalue weighted by atomic mass is 10.00. The van der Waals surface area contributed by atoms with Crippen molar-refractivity contribution in [1.29, 1.82) is 0 Å². The topological polar surface area (TPSA) is 11.4 Å². The molecular weight excluding hydrogens is 979 g/mol. The molecule has 15 aromatic rings. The molecule has 0 atom stereocenters. The van der Waals surface area contributed by atoms with Crippen molar-refractivity contribution in [2.24, 2.45) is 0 Å². The maximum atomic E-state index is 2.46. The summed E-state index contributed by atoms with van der Waals surface area (Å²) in [6.07, 6.45) is 0. The van der Waals surface area contributed by atoms with Crippen LogP contribution in [0.25, 0.3) is 109 Å². The maximum absolute atomic E-state index is 2.46. The van der Waals surface area contributed by atoms with Crippen LogP contribution in [0.2, 0.25) is 0 Å². The number of nitrogens with zero attached hydrogens (tertiary/aromatic N) is 3. The van der Waals surface area contributed by atoms with E-state index in [-0.39, 0.29) is 0 Å². The van der Waals surface area contributed by atoms with Gasteiger partial charge in [-0.2, -0.15) is 0 Å². The van der Waals surface area contributed by atoms with Crippen LogP contribution in [0.3, 0.4) is 0 Å². The summed E-state index contributed by atoms with van der Waals surface area (Å²) in [6.45, 7) is 3.09. The van der Waals surface area contributed by atoms with Crippen LogP contribution in [0.4, 0.5) is 34.1 Å². The van der Waals surface area contributed by atoms with Crippen molar-refractivity contribution in [3.05, 3.63) is 303 Å². The Kier molecular flexibility index (Phi) is 11.8. The average molecular weight is 1030 g/mol. The van der Waals surface area contributed by atoms with E-state index in [2.05, 4.69) is 325 Å². The van der Waals surface area contributed by atoms with Gasteiger partial charge in [0, 0.05) is 62.5 Å². The van der Waals surface area contributed by atoms with E-state index in [1.54, 1.807) is 0 Å². The SMILES string of the molecule is CCn1c2ccc(N(c3ccc(-c4ccc5ccccc5c4)cc3)c3ccc(-c4ccc5ccccc5c4)cc3)cc2c2cc(N(c3ccc(-c4ccc5ccccc5c4)cc3)c3ccc(-c4ccc5ccccc5c4)cc3)ccc21. The fourth-order valence-electron chi connectivity index (χ4n) is 12.3. The second-order valence-corrected chi connectivity index (χ2v) is 21.3. The first-order valence-corrected chi connectivity index (χ1v) is 28.1. The Labute approximate surface area is 472 Å². The largest absolute Gasteiger partial charge is 0.341 e. The highest BCUT2D eigenvalue weighted by atomic mass is 15.1. The molecule has 0 aliphatic carbocycles. The van der Waals surface area contributed by atoms with Crippen molar-refractivity contribution in [1.82, 2.24) is 4.57 Å². The van der Waals surface area contributed by atoms with E-state index in [0.29, 0.717) is 0 Å². The van der Waals surface area contributed by atoms with Gasteiger partial charge in [0.1, 0.15) is 0 Å². The third-order valence-electron chi connectivity index (χ3n) is 16.5. The zero-order chi connectivity index (χ0) is 53.8. The Morgan fingerprint density at radius 2 is 0.457 bits per heavy atom.